The number of nitrogens with one attached hydrogen (secondary N) is 2. The Labute approximate surface area is 113 Å². The molecule has 1 aromatic rings. The number of carbonyl (C=O) groups is 1. The zero-order valence-electron chi connectivity index (χ0n) is 11.0. The van der Waals surface area contributed by atoms with Crippen LogP contribution in [0.2, 0.25) is 0 Å². The molecule has 0 aromatic heterocycles. The topological polar surface area (TPSA) is 50.4 Å². The number of aryl methyl sites for hydroxylation is 1. The van der Waals surface area contributed by atoms with Gasteiger partial charge in [-0.2, -0.15) is 0 Å². The van der Waals surface area contributed by atoms with Gasteiger partial charge < -0.3 is 15.4 Å². The molecule has 2 aliphatic rings. The molecule has 0 aliphatic carbocycles. The maximum absolute atomic E-state index is 12.2. The van der Waals surface area contributed by atoms with E-state index in [1.54, 1.807) is 0 Å². The Hall–Kier alpha value is -1.39. The van der Waals surface area contributed by atoms with Gasteiger partial charge in [0.15, 0.2) is 0 Å². The Balaban J connectivity index is 1.60. The molecule has 0 radical (unpaired) electrons. The molecule has 0 bridgehead atoms. The first-order valence-corrected chi connectivity index (χ1v) is 7.07. The number of ether oxygens (including phenoxy) is 1. The van der Waals surface area contributed by atoms with Crippen LogP contribution in [0.3, 0.4) is 0 Å². The second-order valence-electron chi connectivity index (χ2n) is 5.28. The monoisotopic (exact) mass is 260 g/mol. The van der Waals surface area contributed by atoms with Crippen LogP contribution in [-0.4, -0.2) is 31.2 Å². The molecule has 4 heteroatoms. The summed E-state index contributed by atoms with van der Waals surface area (Å²) in [5.41, 5.74) is 2.17. The van der Waals surface area contributed by atoms with Crippen LogP contribution in [0.15, 0.2) is 24.3 Å². The first-order valence-electron chi connectivity index (χ1n) is 7.07. The number of anilines is 1. The van der Waals surface area contributed by atoms with E-state index in [9.17, 15) is 4.79 Å². The van der Waals surface area contributed by atoms with Crippen molar-refractivity contribution in [3.8, 4) is 0 Å². The summed E-state index contributed by atoms with van der Waals surface area (Å²) in [5.74, 6) is 0.0722. The fraction of sp³-hybridized carbons (Fsp3) is 0.533. The number of hydrogen-bond donors (Lipinski definition) is 2. The Morgan fingerprint density at radius 1 is 1.32 bits per heavy atom. The van der Waals surface area contributed by atoms with E-state index in [-0.39, 0.29) is 18.1 Å². The summed E-state index contributed by atoms with van der Waals surface area (Å²) < 4.78 is 5.58. The average Bonchev–Trinajstić information content (AvgIpc) is 2.88. The lowest BCUT2D eigenvalue weighted by atomic mass is 10.1. The molecular weight excluding hydrogens is 240 g/mol. The summed E-state index contributed by atoms with van der Waals surface area (Å²) in [6.45, 7) is 1.63. The van der Waals surface area contributed by atoms with Crippen molar-refractivity contribution in [2.24, 2.45) is 0 Å². The molecule has 1 aromatic carbocycles. The molecule has 19 heavy (non-hydrogen) atoms. The smallest absolute Gasteiger partial charge is 0.241 e. The van der Waals surface area contributed by atoms with Gasteiger partial charge in [-0.3, -0.25) is 4.79 Å². The minimum Gasteiger partial charge on any atom is -0.377 e. The molecule has 2 atom stereocenters. The number of amides is 1. The first-order chi connectivity index (χ1) is 9.33. The number of rotatable bonds is 3. The maximum Gasteiger partial charge on any atom is 0.241 e. The van der Waals surface area contributed by atoms with Gasteiger partial charge in [-0.15, -0.1) is 0 Å². The highest BCUT2D eigenvalue weighted by molar-refractivity contribution is 5.96. The Bertz CT molecular complexity index is 455. The molecule has 1 amide bonds. The van der Waals surface area contributed by atoms with Crippen LogP contribution in [-0.2, 0) is 16.0 Å². The Morgan fingerprint density at radius 2 is 2.21 bits per heavy atom. The molecule has 4 nitrogen and oxygen atoms in total. The van der Waals surface area contributed by atoms with Gasteiger partial charge >= 0.3 is 0 Å². The maximum atomic E-state index is 12.2. The van der Waals surface area contributed by atoms with E-state index in [2.05, 4.69) is 16.7 Å². The molecule has 1 fully saturated rings. The van der Waals surface area contributed by atoms with Crippen molar-refractivity contribution in [2.75, 3.05) is 18.5 Å². The van der Waals surface area contributed by atoms with Crippen LogP contribution < -0.4 is 10.6 Å². The highest BCUT2D eigenvalue weighted by Crippen LogP contribution is 2.21. The lowest BCUT2D eigenvalue weighted by Crippen LogP contribution is -2.43. The highest BCUT2D eigenvalue weighted by atomic mass is 16.5. The number of benzene rings is 1. The van der Waals surface area contributed by atoms with Crippen molar-refractivity contribution in [2.45, 2.75) is 37.8 Å². The molecule has 0 spiro atoms. The van der Waals surface area contributed by atoms with Crippen LogP contribution in [0, 0.1) is 0 Å². The minimum absolute atomic E-state index is 0.0722. The predicted octanol–water partition coefficient (Wildman–Crippen LogP) is 1.71. The van der Waals surface area contributed by atoms with Crippen LogP contribution >= 0.6 is 0 Å². The normalized spacial score (nSPS) is 26.6. The molecule has 2 unspecified atom stereocenters. The van der Waals surface area contributed by atoms with Crippen LogP contribution in [0.25, 0.3) is 0 Å². The zero-order valence-corrected chi connectivity index (χ0v) is 11.0. The summed E-state index contributed by atoms with van der Waals surface area (Å²) in [7, 11) is 0. The van der Waals surface area contributed by atoms with E-state index < -0.39 is 0 Å². The predicted molar refractivity (Wildman–Crippen MR) is 74.2 cm³/mol. The lowest BCUT2D eigenvalue weighted by molar-refractivity contribution is -0.118. The van der Waals surface area contributed by atoms with E-state index in [1.807, 2.05) is 18.2 Å². The summed E-state index contributed by atoms with van der Waals surface area (Å²) in [5, 5.41) is 6.36. The summed E-state index contributed by atoms with van der Waals surface area (Å²) in [6, 6.07) is 7.91. The third-order valence-corrected chi connectivity index (χ3v) is 3.91. The van der Waals surface area contributed by atoms with E-state index in [0.29, 0.717) is 0 Å². The van der Waals surface area contributed by atoms with Gasteiger partial charge in [-0.25, -0.2) is 0 Å². The van der Waals surface area contributed by atoms with Gasteiger partial charge in [0.2, 0.25) is 5.91 Å². The quantitative estimate of drug-likeness (QED) is 0.870. The number of para-hydroxylation sites is 1. The summed E-state index contributed by atoms with van der Waals surface area (Å²) in [6.07, 6.45) is 4.28. The van der Waals surface area contributed by atoms with Crippen LogP contribution in [0.5, 0.6) is 0 Å². The fourth-order valence-corrected chi connectivity index (χ4v) is 2.78. The number of carbonyl (C=O) groups excluding carboxylic acids is 1. The molecule has 1 saturated heterocycles. The van der Waals surface area contributed by atoms with E-state index in [1.165, 1.54) is 5.56 Å². The van der Waals surface area contributed by atoms with Gasteiger partial charge in [0, 0.05) is 18.8 Å². The molecule has 3 rings (SSSR count). The van der Waals surface area contributed by atoms with Crippen LogP contribution in [0.4, 0.5) is 5.69 Å². The second-order valence-corrected chi connectivity index (χ2v) is 5.28. The van der Waals surface area contributed by atoms with E-state index in [4.69, 9.17) is 4.74 Å². The average molecular weight is 260 g/mol. The molecule has 102 valence electrons. The lowest BCUT2D eigenvalue weighted by Gasteiger charge is -2.17. The largest absolute Gasteiger partial charge is 0.377 e. The Kier molecular flexibility index (Phi) is 3.80. The molecule has 2 heterocycles. The van der Waals surface area contributed by atoms with Crippen LogP contribution in [0.1, 0.15) is 24.8 Å². The van der Waals surface area contributed by atoms with Crippen molar-refractivity contribution < 1.29 is 9.53 Å². The standard InChI is InChI=1S/C15H20N2O2/c18-15-14(16-10-12-5-3-9-19-12)8-7-11-4-1-2-6-13(11)17-15/h1-2,4,6,12,14,16H,3,5,7-10H2,(H,17,18). The van der Waals surface area contributed by atoms with Crippen molar-refractivity contribution in [3.63, 3.8) is 0 Å². The second kappa shape index (κ2) is 5.72. The molecule has 2 N–H and O–H groups in total. The van der Waals surface area contributed by atoms with Crippen molar-refractivity contribution in [1.29, 1.82) is 0 Å². The van der Waals surface area contributed by atoms with Gasteiger partial charge in [0.05, 0.1) is 12.1 Å². The van der Waals surface area contributed by atoms with Gasteiger partial charge in [0.25, 0.3) is 0 Å². The highest BCUT2D eigenvalue weighted by Gasteiger charge is 2.24. The van der Waals surface area contributed by atoms with E-state index in [0.717, 1.165) is 44.5 Å². The van der Waals surface area contributed by atoms with Gasteiger partial charge in [-0.1, -0.05) is 18.2 Å². The van der Waals surface area contributed by atoms with Crippen molar-refractivity contribution >= 4 is 11.6 Å². The summed E-state index contributed by atoms with van der Waals surface area (Å²) >= 11 is 0. The third-order valence-electron chi connectivity index (χ3n) is 3.91. The molecule has 0 saturated carbocycles. The fourth-order valence-electron chi connectivity index (χ4n) is 2.78. The van der Waals surface area contributed by atoms with Gasteiger partial charge in [0.1, 0.15) is 0 Å². The van der Waals surface area contributed by atoms with Crippen molar-refractivity contribution in [3.05, 3.63) is 29.8 Å². The molecular formula is C15H20N2O2. The number of fused-ring (bicyclic) bond motifs is 1. The number of hydrogen-bond acceptors (Lipinski definition) is 3. The molecule has 2 aliphatic heterocycles. The first kappa shape index (κ1) is 12.6. The summed E-state index contributed by atoms with van der Waals surface area (Å²) in [4.78, 5) is 12.2. The third kappa shape index (κ3) is 2.96. The SMILES string of the molecule is O=C1Nc2ccccc2CCC1NCC1CCCO1. The zero-order chi connectivity index (χ0) is 13.1. The van der Waals surface area contributed by atoms with Crippen molar-refractivity contribution in [1.82, 2.24) is 5.32 Å². The Morgan fingerprint density at radius 3 is 3.05 bits per heavy atom. The van der Waals surface area contributed by atoms with E-state index >= 15 is 0 Å². The minimum atomic E-state index is -0.114. The van der Waals surface area contributed by atoms with Gasteiger partial charge in [-0.05, 0) is 37.3 Å².